The average Bonchev–Trinajstić information content (AvgIpc) is 3.53. The van der Waals surface area contributed by atoms with Gasteiger partial charge in [-0.1, -0.05) is 31.0 Å². The van der Waals surface area contributed by atoms with Crippen molar-refractivity contribution in [2.24, 2.45) is 17.8 Å². The molecule has 1 aromatic heterocycles. The Morgan fingerprint density at radius 1 is 1.04 bits per heavy atom. The Labute approximate surface area is 301 Å². The van der Waals surface area contributed by atoms with E-state index >= 15 is 0 Å². The van der Waals surface area contributed by atoms with Gasteiger partial charge in [-0.3, -0.25) is 9.69 Å². The van der Waals surface area contributed by atoms with Crippen molar-refractivity contribution in [3.8, 4) is 5.75 Å². The zero-order valence-corrected chi connectivity index (χ0v) is 30.8. The second kappa shape index (κ2) is 14.5. The van der Waals surface area contributed by atoms with Crippen LogP contribution in [0.25, 0.3) is 0 Å². The summed E-state index contributed by atoms with van der Waals surface area (Å²) in [5, 5.41) is 12.7. The van der Waals surface area contributed by atoms with Crippen molar-refractivity contribution >= 4 is 33.2 Å². The Morgan fingerprint density at radius 3 is 2.72 bits per heavy atom. The highest BCUT2D eigenvalue weighted by atomic mass is 35.5. The number of carbonyl (C=O) groups is 1. The molecule has 0 spiro atoms. The van der Waals surface area contributed by atoms with Gasteiger partial charge in [0.25, 0.3) is 5.91 Å². The molecule has 1 aliphatic carbocycles. The third-order valence-electron chi connectivity index (χ3n) is 11.9. The number of hydrogen-bond acceptors (Lipinski definition) is 8. The Hall–Kier alpha value is -3.12. The minimum atomic E-state index is -3.95. The van der Waals surface area contributed by atoms with E-state index in [-0.39, 0.29) is 23.3 Å². The number of amides is 1. The molecule has 3 aliphatic heterocycles. The number of aromatic nitrogens is 2. The van der Waals surface area contributed by atoms with Crippen LogP contribution in [0.3, 0.4) is 0 Å². The van der Waals surface area contributed by atoms with Crippen LogP contribution in [-0.4, -0.2) is 70.9 Å². The molecule has 4 aliphatic rings. The Kier molecular flexibility index (Phi) is 10.2. The van der Waals surface area contributed by atoms with E-state index in [2.05, 4.69) is 24.1 Å². The van der Waals surface area contributed by atoms with Crippen LogP contribution in [0, 0.1) is 17.8 Å². The maximum absolute atomic E-state index is 13.5. The summed E-state index contributed by atoms with van der Waals surface area (Å²) < 4.78 is 38.1. The largest absolute Gasteiger partial charge is 0.487 e. The number of fused-ring (bicyclic) bond motifs is 4. The molecule has 0 unspecified atom stereocenters. The van der Waals surface area contributed by atoms with Crippen molar-refractivity contribution < 1.29 is 23.1 Å². The number of sulfonamides is 1. The highest BCUT2D eigenvalue weighted by Crippen LogP contribution is 2.47. The molecule has 3 aromatic rings. The third-order valence-corrected chi connectivity index (χ3v) is 14.1. The standard InChI is InChI=1S/C38H50ClN5O5S/c1-26-6-5-14-38(46,24-42-16-17-44-25-40-20-33(44)22-42)34-12-9-30(34)21-43-15-4-3-7-28-18-32(39)11-8-31(28)23-49-36-13-10-29(19-35(36)43)37(45)41-50(47,48)27(26)2/h8,10-11,13,18-20,25-27,30,34,46H,3-7,9,12,14-17,21-24H2,1-2H3,(H,41,45)/t26-,27+,30-,34+,38+/m0/s1. The predicted molar refractivity (Wildman–Crippen MR) is 195 cm³/mol. The number of β-amino-alcohol motifs (C(OH)–C–C–N with tert-alkyl or cyclic N) is 1. The molecule has 2 bridgehead atoms. The summed E-state index contributed by atoms with van der Waals surface area (Å²) in [6.45, 7) is 8.42. The zero-order valence-electron chi connectivity index (χ0n) is 29.2. The summed E-state index contributed by atoms with van der Waals surface area (Å²) in [6, 6.07) is 11.2. The van der Waals surface area contributed by atoms with Gasteiger partial charge in [0, 0.05) is 56.1 Å². The fraction of sp³-hybridized carbons (Fsp3) is 0.579. The van der Waals surface area contributed by atoms with Crippen LogP contribution >= 0.6 is 11.6 Å². The highest BCUT2D eigenvalue weighted by molar-refractivity contribution is 7.90. The molecule has 12 heteroatoms. The van der Waals surface area contributed by atoms with Crippen LogP contribution in [0.2, 0.25) is 5.02 Å². The molecule has 0 radical (unpaired) electrons. The molecule has 2 aromatic carbocycles. The second-order valence-electron chi connectivity index (χ2n) is 15.2. The molecule has 270 valence electrons. The van der Waals surface area contributed by atoms with Gasteiger partial charge in [0.1, 0.15) is 12.4 Å². The van der Waals surface area contributed by atoms with Crippen molar-refractivity contribution in [2.45, 2.75) is 95.8 Å². The molecule has 4 heterocycles. The van der Waals surface area contributed by atoms with Crippen molar-refractivity contribution in [1.82, 2.24) is 19.2 Å². The fourth-order valence-corrected chi connectivity index (χ4v) is 10.1. The number of rotatable bonds is 2. The van der Waals surface area contributed by atoms with E-state index in [1.807, 2.05) is 37.6 Å². The number of halogens is 1. The first-order valence-corrected chi connectivity index (χ1v) is 20.2. The predicted octanol–water partition coefficient (Wildman–Crippen LogP) is 5.80. The lowest BCUT2D eigenvalue weighted by Crippen LogP contribution is -2.56. The highest BCUT2D eigenvalue weighted by Gasteiger charge is 2.48. The molecule has 10 nitrogen and oxygen atoms in total. The van der Waals surface area contributed by atoms with Crippen LogP contribution in [0.1, 0.15) is 86.0 Å². The quantitative estimate of drug-likeness (QED) is 0.341. The number of ether oxygens (including phenoxy) is 1. The van der Waals surface area contributed by atoms with Gasteiger partial charge in [-0.15, -0.1) is 0 Å². The van der Waals surface area contributed by atoms with E-state index in [9.17, 15) is 18.3 Å². The topological polar surface area (TPSA) is 117 Å². The van der Waals surface area contributed by atoms with Gasteiger partial charge in [-0.2, -0.15) is 0 Å². The lowest BCUT2D eigenvalue weighted by Gasteiger charge is -2.51. The molecular formula is C38H50ClN5O5S. The van der Waals surface area contributed by atoms with Crippen molar-refractivity contribution in [3.63, 3.8) is 0 Å². The molecule has 50 heavy (non-hydrogen) atoms. The number of nitrogens with zero attached hydrogens (tertiary/aromatic N) is 4. The molecule has 1 fully saturated rings. The Morgan fingerprint density at radius 2 is 1.90 bits per heavy atom. The molecule has 2 N–H and O–H groups in total. The summed E-state index contributed by atoms with van der Waals surface area (Å²) >= 11 is 6.38. The zero-order chi connectivity index (χ0) is 35.0. The van der Waals surface area contributed by atoms with Gasteiger partial charge in [0.05, 0.1) is 28.6 Å². The van der Waals surface area contributed by atoms with Gasteiger partial charge in [0.15, 0.2) is 0 Å². The third kappa shape index (κ3) is 7.43. The van der Waals surface area contributed by atoms with Crippen molar-refractivity contribution in [3.05, 3.63) is 76.3 Å². The number of imidazole rings is 1. The van der Waals surface area contributed by atoms with Crippen LogP contribution in [0.4, 0.5) is 5.69 Å². The fourth-order valence-electron chi connectivity index (χ4n) is 8.55. The minimum absolute atomic E-state index is 0.0964. The number of aliphatic hydroxyl groups is 1. The smallest absolute Gasteiger partial charge is 0.264 e. The molecule has 1 saturated carbocycles. The Bertz CT molecular complexity index is 1820. The normalized spacial score (nSPS) is 29.2. The van der Waals surface area contributed by atoms with Gasteiger partial charge in [-0.25, -0.2) is 18.1 Å². The SMILES string of the molecule is C[C@@H]1[C@@H](C)CCC[C@@](O)(CN2CCn3cncc3C2)[C@@H]2CC[C@H]2CN2CCCCc3cc(Cl)ccc3COc3ccc(cc32)C(=O)NS1(=O)=O. The monoisotopic (exact) mass is 723 g/mol. The van der Waals surface area contributed by atoms with Gasteiger partial charge in [0.2, 0.25) is 10.0 Å². The van der Waals surface area contributed by atoms with E-state index in [1.165, 1.54) is 5.56 Å². The number of nitrogens with one attached hydrogen (secondary N) is 1. The number of anilines is 1. The number of aryl methyl sites for hydroxylation is 1. The van der Waals surface area contributed by atoms with Crippen molar-refractivity contribution in [1.29, 1.82) is 0 Å². The van der Waals surface area contributed by atoms with Gasteiger partial charge >= 0.3 is 0 Å². The van der Waals surface area contributed by atoms with E-state index in [0.29, 0.717) is 49.7 Å². The maximum Gasteiger partial charge on any atom is 0.264 e. The number of carbonyl (C=O) groups excluding carboxylic acids is 1. The summed E-state index contributed by atoms with van der Waals surface area (Å²) in [5.74, 6) is 0.164. The average molecular weight is 724 g/mol. The van der Waals surface area contributed by atoms with Crippen molar-refractivity contribution in [2.75, 3.05) is 31.1 Å². The van der Waals surface area contributed by atoms with E-state index in [4.69, 9.17) is 16.3 Å². The first-order valence-electron chi connectivity index (χ1n) is 18.3. The van der Waals surface area contributed by atoms with Gasteiger partial charge in [-0.05, 0) is 111 Å². The van der Waals surface area contributed by atoms with E-state index in [0.717, 1.165) is 75.2 Å². The molecule has 0 saturated heterocycles. The molecule has 7 rings (SSSR count). The molecule has 1 amide bonds. The van der Waals surface area contributed by atoms with Gasteiger partial charge < -0.3 is 19.3 Å². The van der Waals surface area contributed by atoms with Crippen LogP contribution in [0.15, 0.2) is 48.9 Å². The number of benzene rings is 2. The summed E-state index contributed by atoms with van der Waals surface area (Å²) in [7, 11) is -3.95. The summed E-state index contributed by atoms with van der Waals surface area (Å²) in [5.41, 5.74) is 3.54. The number of hydrogen-bond donors (Lipinski definition) is 2. The summed E-state index contributed by atoms with van der Waals surface area (Å²) in [6.07, 6.45) is 10.4. The second-order valence-corrected chi connectivity index (χ2v) is 17.6. The Balaban J connectivity index is 1.24. The maximum atomic E-state index is 13.5. The lowest BCUT2D eigenvalue weighted by atomic mass is 9.62. The van der Waals surface area contributed by atoms with Crippen LogP contribution < -0.4 is 14.4 Å². The van der Waals surface area contributed by atoms with E-state index < -0.39 is 26.8 Å². The van der Waals surface area contributed by atoms with Crippen LogP contribution in [-0.2, 0) is 36.1 Å². The minimum Gasteiger partial charge on any atom is -0.487 e. The first-order chi connectivity index (χ1) is 24.0. The molecule has 5 atom stereocenters. The lowest BCUT2D eigenvalue weighted by molar-refractivity contribution is -0.108. The molecular weight excluding hydrogens is 674 g/mol. The summed E-state index contributed by atoms with van der Waals surface area (Å²) in [4.78, 5) is 22.6. The first kappa shape index (κ1) is 35.3. The van der Waals surface area contributed by atoms with E-state index in [1.54, 1.807) is 25.1 Å². The van der Waals surface area contributed by atoms with Crippen LogP contribution in [0.5, 0.6) is 5.75 Å².